The second-order valence-corrected chi connectivity index (χ2v) is 8.92. The molecule has 0 radical (unpaired) electrons. The van der Waals surface area contributed by atoms with Gasteiger partial charge in [0.05, 0.1) is 16.3 Å². The lowest BCUT2D eigenvalue weighted by Gasteiger charge is -2.24. The van der Waals surface area contributed by atoms with E-state index in [-0.39, 0.29) is 21.2 Å². The standard InChI is InChI=1S/C19H21ClFN3O4S/c1-23-7-2-8-24(10-9-23)14-4-5-17(15(12-14)19(25)26)22-29(27,28)18-6-3-13(21)11-16(18)20/h3-6,11-12,22H,2,7-10H2,1H3,(H,25,26). The van der Waals surface area contributed by atoms with Gasteiger partial charge in [0.15, 0.2) is 0 Å². The van der Waals surface area contributed by atoms with Crippen molar-refractivity contribution in [3.8, 4) is 0 Å². The fraction of sp³-hybridized carbons (Fsp3) is 0.316. The third-order valence-corrected chi connectivity index (χ3v) is 6.59. The maximum Gasteiger partial charge on any atom is 0.337 e. The molecule has 2 aromatic rings. The maximum absolute atomic E-state index is 13.2. The zero-order valence-electron chi connectivity index (χ0n) is 15.7. The molecule has 0 spiro atoms. The number of hydrogen-bond acceptors (Lipinski definition) is 5. The molecule has 10 heteroatoms. The van der Waals surface area contributed by atoms with E-state index < -0.39 is 21.8 Å². The summed E-state index contributed by atoms with van der Waals surface area (Å²) in [6, 6.07) is 7.44. The first kappa shape index (κ1) is 21.4. The number of rotatable bonds is 5. The molecule has 0 amide bonds. The fourth-order valence-corrected chi connectivity index (χ4v) is 4.80. The van der Waals surface area contributed by atoms with Gasteiger partial charge in [-0.2, -0.15) is 0 Å². The normalized spacial score (nSPS) is 15.8. The van der Waals surface area contributed by atoms with Crippen LogP contribution < -0.4 is 9.62 Å². The highest BCUT2D eigenvalue weighted by molar-refractivity contribution is 7.92. The first-order chi connectivity index (χ1) is 13.7. The molecule has 0 atom stereocenters. The van der Waals surface area contributed by atoms with E-state index in [0.29, 0.717) is 5.69 Å². The number of carboxylic acid groups (broad SMARTS) is 1. The first-order valence-corrected chi connectivity index (χ1v) is 10.8. The number of carbonyl (C=O) groups is 1. The first-order valence-electron chi connectivity index (χ1n) is 8.96. The van der Waals surface area contributed by atoms with Crippen LogP contribution >= 0.6 is 11.6 Å². The summed E-state index contributed by atoms with van der Waals surface area (Å²) in [7, 11) is -2.17. The van der Waals surface area contributed by atoms with Gasteiger partial charge in [-0.1, -0.05) is 11.6 Å². The molecular formula is C19H21ClFN3O4S. The van der Waals surface area contributed by atoms with Gasteiger partial charge in [-0.05, 0) is 56.4 Å². The van der Waals surface area contributed by atoms with Gasteiger partial charge in [-0.25, -0.2) is 17.6 Å². The Balaban J connectivity index is 1.92. The Morgan fingerprint density at radius 1 is 1.14 bits per heavy atom. The van der Waals surface area contributed by atoms with E-state index in [9.17, 15) is 22.7 Å². The van der Waals surface area contributed by atoms with Crippen molar-refractivity contribution in [1.29, 1.82) is 0 Å². The van der Waals surface area contributed by atoms with E-state index in [4.69, 9.17) is 11.6 Å². The van der Waals surface area contributed by atoms with Gasteiger partial charge in [-0.3, -0.25) is 4.72 Å². The summed E-state index contributed by atoms with van der Waals surface area (Å²) in [5, 5.41) is 9.32. The summed E-state index contributed by atoms with van der Waals surface area (Å²) in [4.78, 5) is 15.7. The third kappa shape index (κ3) is 4.98. The van der Waals surface area contributed by atoms with Gasteiger partial charge in [0.25, 0.3) is 10.0 Å². The van der Waals surface area contributed by atoms with Crippen LogP contribution in [-0.2, 0) is 10.0 Å². The van der Waals surface area contributed by atoms with Crippen molar-refractivity contribution < 1.29 is 22.7 Å². The van der Waals surface area contributed by atoms with Crippen LogP contribution in [0.2, 0.25) is 5.02 Å². The van der Waals surface area contributed by atoms with Gasteiger partial charge in [-0.15, -0.1) is 0 Å². The SMILES string of the molecule is CN1CCCN(c2ccc(NS(=O)(=O)c3ccc(F)cc3Cl)c(C(=O)O)c2)CC1. The Labute approximate surface area is 173 Å². The molecule has 2 N–H and O–H groups in total. The minimum atomic E-state index is -4.20. The largest absolute Gasteiger partial charge is 0.478 e. The molecule has 1 aliphatic heterocycles. The van der Waals surface area contributed by atoms with E-state index in [0.717, 1.165) is 50.8 Å². The molecule has 0 bridgehead atoms. The highest BCUT2D eigenvalue weighted by Gasteiger charge is 2.23. The van der Waals surface area contributed by atoms with Crippen LogP contribution in [0.15, 0.2) is 41.3 Å². The predicted octanol–water partition coefficient (Wildman–Crippen LogP) is 3.12. The van der Waals surface area contributed by atoms with Crippen LogP contribution in [0.4, 0.5) is 15.8 Å². The van der Waals surface area contributed by atoms with Crippen LogP contribution in [0.3, 0.4) is 0 Å². The third-order valence-electron chi connectivity index (χ3n) is 4.75. The maximum atomic E-state index is 13.2. The van der Waals surface area contributed by atoms with Crippen molar-refractivity contribution in [2.75, 3.05) is 42.8 Å². The van der Waals surface area contributed by atoms with E-state index >= 15 is 0 Å². The quantitative estimate of drug-likeness (QED) is 0.741. The second kappa shape index (κ2) is 8.56. The number of carboxylic acids is 1. The monoisotopic (exact) mass is 441 g/mol. The Bertz CT molecular complexity index is 1030. The number of aromatic carboxylic acids is 1. The molecule has 7 nitrogen and oxygen atoms in total. The topological polar surface area (TPSA) is 90.0 Å². The summed E-state index contributed by atoms with van der Waals surface area (Å²) < 4.78 is 40.8. The van der Waals surface area contributed by atoms with Gasteiger partial charge < -0.3 is 14.9 Å². The summed E-state index contributed by atoms with van der Waals surface area (Å²) in [5.41, 5.74) is 0.441. The number of likely N-dealkylation sites (N-methyl/N-ethyl adjacent to an activating group) is 1. The van der Waals surface area contributed by atoms with Crippen molar-refractivity contribution in [1.82, 2.24) is 4.90 Å². The van der Waals surface area contributed by atoms with E-state index in [2.05, 4.69) is 14.5 Å². The Hall–Kier alpha value is -2.36. The average molecular weight is 442 g/mol. The highest BCUT2D eigenvalue weighted by atomic mass is 35.5. The fourth-order valence-electron chi connectivity index (χ4n) is 3.19. The molecule has 29 heavy (non-hydrogen) atoms. The van der Waals surface area contributed by atoms with Crippen molar-refractivity contribution >= 4 is 39.0 Å². The van der Waals surface area contributed by atoms with E-state index in [1.165, 1.54) is 12.1 Å². The lowest BCUT2D eigenvalue weighted by molar-refractivity contribution is 0.0698. The molecule has 156 valence electrons. The van der Waals surface area contributed by atoms with Crippen LogP contribution in [0.1, 0.15) is 16.8 Å². The molecule has 0 unspecified atom stereocenters. The molecule has 2 aromatic carbocycles. The van der Waals surface area contributed by atoms with E-state index in [1.807, 2.05) is 7.05 Å². The van der Waals surface area contributed by atoms with Gasteiger partial charge in [0.2, 0.25) is 0 Å². The van der Waals surface area contributed by atoms with Crippen molar-refractivity contribution in [2.45, 2.75) is 11.3 Å². The minimum absolute atomic E-state index is 0.0893. The van der Waals surface area contributed by atoms with Gasteiger partial charge in [0, 0.05) is 25.3 Å². The number of sulfonamides is 1. The molecule has 0 aromatic heterocycles. The number of benzene rings is 2. The zero-order valence-corrected chi connectivity index (χ0v) is 17.3. The highest BCUT2D eigenvalue weighted by Crippen LogP contribution is 2.29. The summed E-state index contributed by atoms with van der Waals surface area (Å²) in [6.07, 6.45) is 0.941. The van der Waals surface area contributed by atoms with Crippen molar-refractivity contribution in [3.05, 3.63) is 52.8 Å². The Morgan fingerprint density at radius 3 is 2.59 bits per heavy atom. The number of nitrogens with zero attached hydrogens (tertiary/aromatic N) is 2. The molecule has 1 heterocycles. The minimum Gasteiger partial charge on any atom is -0.478 e. The van der Waals surface area contributed by atoms with Crippen molar-refractivity contribution in [3.63, 3.8) is 0 Å². The van der Waals surface area contributed by atoms with Gasteiger partial charge >= 0.3 is 5.97 Å². The van der Waals surface area contributed by atoms with Crippen LogP contribution in [-0.4, -0.2) is 57.6 Å². The van der Waals surface area contributed by atoms with Crippen LogP contribution in [0, 0.1) is 5.82 Å². The zero-order chi connectivity index (χ0) is 21.2. The predicted molar refractivity (Wildman–Crippen MR) is 110 cm³/mol. The summed E-state index contributed by atoms with van der Waals surface area (Å²) in [6.45, 7) is 3.32. The number of hydrogen-bond donors (Lipinski definition) is 2. The van der Waals surface area contributed by atoms with Crippen LogP contribution in [0.25, 0.3) is 0 Å². The molecule has 0 saturated carbocycles. The van der Waals surface area contributed by atoms with Crippen LogP contribution in [0.5, 0.6) is 0 Å². The Kier molecular flexibility index (Phi) is 6.30. The lowest BCUT2D eigenvalue weighted by Crippen LogP contribution is -2.29. The number of nitrogens with one attached hydrogen (secondary N) is 1. The second-order valence-electron chi connectivity index (χ2n) is 6.86. The smallest absolute Gasteiger partial charge is 0.337 e. The number of anilines is 2. The van der Waals surface area contributed by atoms with E-state index in [1.54, 1.807) is 6.07 Å². The Morgan fingerprint density at radius 2 is 1.90 bits per heavy atom. The van der Waals surface area contributed by atoms with Crippen molar-refractivity contribution in [2.24, 2.45) is 0 Å². The molecule has 1 saturated heterocycles. The summed E-state index contributed by atoms with van der Waals surface area (Å²) >= 11 is 5.85. The summed E-state index contributed by atoms with van der Waals surface area (Å²) in [5.74, 6) is -1.94. The molecule has 0 aliphatic carbocycles. The number of halogens is 2. The van der Waals surface area contributed by atoms with Gasteiger partial charge in [0.1, 0.15) is 10.7 Å². The molecule has 1 aliphatic rings. The lowest BCUT2D eigenvalue weighted by atomic mass is 10.1. The average Bonchev–Trinajstić information content (AvgIpc) is 2.86. The molecule has 1 fully saturated rings. The molecular weight excluding hydrogens is 421 g/mol. The molecule has 3 rings (SSSR count).